The van der Waals surface area contributed by atoms with E-state index in [0.29, 0.717) is 16.0 Å². The zero-order valence-electron chi connectivity index (χ0n) is 15.5. The lowest BCUT2D eigenvalue weighted by atomic mass is 10.2. The zero-order chi connectivity index (χ0) is 20.5. The number of nitrogens with zero attached hydrogens (tertiary/aromatic N) is 1. The quantitative estimate of drug-likeness (QED) is 0.600. The van der Waals surface area contributed by atoms with Crippen molar-refractivity contribution in [3.8, 4) is 6.07 Å². The number of esters is 1. The molecule has 0 aromatic heterocycles. The third-order valence-electron chi connectivity index (χ3n) is 4.00. The number of benzene rings is 3. The molecule has 0 heterocycles. The lowest BCUT2D eigenvalue weighted by molar-refractivity contribution is -0.143. The molecule has 144 valence electrons. The fraction of sp³-hybridized carbons (Fsp3) is 0.0870. The van der Waals surface area contributed by atoms with E-state index in [-0.39, 0.29) is 19.1 Å². The van der Waals surface area contributed by atoms with Gasteiger partial charge in [0, 0.05) is 9.79 Å². The fourth-order valence-corrected chi connectivity index (χ4v) is 3.57. The van der Waals surface area contributed by atoms with Crippen LogP contribution in [0.3, 0.4) is 0 Å². The van der Waals surface area contributed by atoms with Crippen molar-refractivity contribution in [1.82, 2.24) is 5.32 Å². The Bertz CT molecular complexity index is 1050. The molecule has 0 saturated heterocycles. The van der Waals surface area contributed by atoms with Crippen LogP contribution in [0.25, 0.3) is 0 Å². The van der Waals surface area contributed by atoms with Crippen LogP contribution >= 0.6 is 11.8 Å². The molecule has 0 fully saturated rings. The van der Waals surface area contributed by atoms with Gasteiger partial charge in [-0.1, -0.05) is 66.4 Å². The molecule has 0 unspecified atom stereocenters. The number of nitriles is 1. The second-order valence-electron chi connectivity index (χ2n) is 6.04. The summed E-state index contributed by atoms with van der Waals surface area (Å²) in [6.07, 6.45) is 0. The van der Waals surface area contributed by atoms with Gasteiger partial charge in [0.05, 0.1) is 11.1 Å². The molecule has 0 aliphatic carbocycles. The first kappa shape index (κ1) is 20.2. The van der Waals surface area contributed by atoms with Crippen molar-refractivity contribution >= 4 is 23.6 Å². The van der Waals surface area contributed by atoms with Gasteiger partial charge in [0.15, 0.2) is 0 Å². The molecule has 5 nitrogen and oxygen atoms in total. The number of carbonyl (C=O) groups is 2. The summed E-state index contributed by atoms with van der Waals surface area (Å²) >= 11 is 1.34. The summed E-state index contributed by atoms with van der Waals surface area (Å²) in [7, 11) is 0. The summed E-state index contributed by atoms with van der Waals surface area (Å²) in [5.74, 6) is -0.888. The Hall–Kier alpha value is -3.56. The smallest absolute Gasteiger partial charge is 0.325 e. The van der Waals surface area contributed by atoms with Crippen LogP contribution in [0.15, 0.2) is 88.7 Å². The van der Waals surface area contributed by atoms with Crippen molar-refractivity contribution in [1.29, 1.82) is 5.26 Å². The number of ether oxygens (including phenoxy) is 1. The van der Waals surface area contributed by atoms with E-state index in [4.69, 9.17) is 4.74 Å². The normalized spacial score (nSPS) is 10.0. The molecule has 3 aromatic rings. The summed E-state index contributed by atoms with van der Waals surface area (Å²) in [6.45, 7) is -0.0631. The Balaban J connectivity index is 1.61. The van der Waals surface area contributed by atoms with Gasteiger partial charge >= 0.3 is 5.97 Å². The number of amides is 1. The largest absolute Gasteiger partial charge is 0.460 e. The Morgan fingerprint density at radius 3 is 2.31 bits per heavy atom. The SMILES string of the molecule is N#Cc1ccccc1Sc1ccccc1C(=O)NCC(=O)OCc1ccccc1. The molecule has 0 bridgehead atoms. The van der Waals surface area contributed by atoms with E-state index in [2.05, 4.69) is 11.4 Å². The first-order valence-electron chi connectivity index (χ1n) is 8.91. The van der Waals surface area contributed by atoms with Crippen molar-refractivity contribution in [2.24, 2.45) is 0 Å². The molecule has 0 spiro atoms. The van der Waals surface area contributed by atoms with Crippen LogP contribution in [0.5, 0.6) is 0 Å². The summed E-state index contributed by atoms with van der Waals surface area (Å²) in [6, 6.07) is 25.7. The maximum absolute atomic E-state index is 12.6. The van der Waals surface area contributed by atoms with E-state index in [9.17, 15) is 14.9 Å². The van der Waals surface area contributed by atoms with Crippen LogP contribution in [0, 0.1) is 11.3 Å². The molecule has 1 amide bonds. The van der Waals surface area contributed by atoms with Crippen molar-refractivity contribution in [2.75, 3.05) is 6.54 Å². The van der Waals surface area contributed by atoms with Crippen LogP contribution in [0.2, 0.25) is 0 Å². The lowest BCUT2D eigenvalue weighted by Gasteiger charge is -2.11. The first-order valence-corrected chi connectivity index (χ1v) is 9.73. The number of hydrogen-bond donors (Lipinski definition) is 1. The highest BCUT2D eigenvalue weighted by Gasteiger charge is 2.15. The minimum absolute atomic E-state index is 0.160. The van der Waals surface area contributed by atoms with Gasteiger partial charge in [0.25, 0.3) is 5.91 Å². The minimum Gasteiger partial charge on any atom is -0.460 e. The summed E-state index contributed by atoms with van der Waals surface area (Å²) < 4.78 is 5.18. The number of carbonyl (C=O) groups excluding carboxylic acids is 2. The predicted octanol–water partition coefficient (Wildman–Crippen LogP) is 4.18. The molecule has 29 heavy (non-hydrogen) atoms. The van der Waals surface area contributed by atoms with Crippen LogP contribution in [-0.4, -0.2) is 18.4 Å². The van der Waals surface area contributed by atoms with Gasteiger partial charge in [-0.05, 0) is 29.8 Å². The maximum atomic E-state index is 12.6. The van der Waals surface area contributed by atoms with Crippen molar-refractivity contribution in [3.63, 3.8) is 0 Å². The molecular weight excluding hydrogens is 384 g/mol. The highest BCUT2D eigenvalue weighted by atomic mass is 32.2. The fourth-order valence-electron chi connectivity index (χ4n) is 2.55. The number of nitrogens with one attached hydrogen (secondary N) is 1. The van der Waals surface area contributed by atoms with Crippen molar-refractivity contribution < 1.29 is 14.3 Å². The zero-order valence-corrected chi connectivity index (χ0v) is 16.3. The molecular formula is C23H18N2O3S. The monoisotopic (exact) mass is 402 g/mol. The molecule has 0 aliphatic heterocycles. The molecule has 0 saturated carbocycles. The molecule has 0 atom stereocenters. The summed E-state index contributed by atoms with van der Waals surface area (Å²) in [5, 5.41) is 11.9. The van der Waals surface area contributed by atoms with E-state index >= 15 is 0 Å². The summed E-state index contributed by atoms with van der Waals surface area (Å²) in [4.78, 5) is 26.0. The molecule has 3 aromatic carbocycles. The third kappa shape index (κ3) is 5.71. The van der Waals surface area contributed by atoms with Gasteiger partial charge in [-0.2, -0.15) is 5.26 Å². The van der Waals surface area contributed by atoms with Crippen LogP contribution in [-0.2, 0) is 16.1 Å². The number of hydrogen-bond acceptors (Lipinski definition) is 5. The van der Waals surface area contributed by atoms with E-state index in [1.54, 1.807) is 24.3 Å². The van der Waals surface area contributed by atoms with Crippen LogP contribution in [0.1, 0.15) is 21.5 Å². The molecule has 1 N–H and O–H groups in total. The van der Waals surface area contributed by atoms with Gasteiger partial charge in [-0.25, -0.2) is 0 Å². The molecule has 0 aliphatic rings. The predicted molar refractivity (Wildman–Crippen MR) is 110 cm³/mol. The van der Waals surface area contributed by atoms with Crippen LogP contribution < -0.4 is 5.32 Å². The Morgan fingerprint density at radius 1 is 0.897 bits per heavy atom. The van der Waals surface area contributed by atoms with Gasteiger partial charge in [0.2, 0.25) is 0 Å². The van der Waals surface area contributed by atoms with Crippen LogP contribution in [0.4, 0.5) is 0 Å². The number of rotatable bonds is 7. The molecule has 6 heteroatoms. The van der Waals surface area contributed by atoms with E-state index in [1.807, 2.05) is 54.6 Å². The molecule has 0 radical (unpaired) electrons. The van der Waals surface area contributed by atoms with E-state index in [0.717, 1.165) is 10.5 Å². The second-order valence-corrected chi connectivity index (χ2v) is 7.12. The highest BCUT2D eigenvalue weighted by molar-refractivity contribution is 7.99. The Labute approximate surface area is 173 Å². The van der Waals surface area contributed by atoms with E-state index < -0.39 is 5.97 Å². The highest BCUT2D eigenvalue weighted by Crippen LogP contribution is 2.32. The first-order chi connectivity index (χ1) is 14.2. The second kappa shape index (κ2) is 10.1. The van der Waals surface area contributed by atoms with Gasteiger partial charge in [0.1, 0.15) is 19.2 Å². The van der Waals surface area contributed by atoms with Gasteiger partial charge < -0.3 is 10.1 Å². The summed E-state index contributed by atoms with van der Waals surface area (Å²) in [5.41, 5.74) is 1.85. The maximum Gasteiger partial charge on any atom is 0.325 e. The Morgan fingerprint density at radius 2 is 1.55 bits per heavy atom. The van der Waals surface area contributed by atoms with Crippen molar-refractivity contribution in [3.05, 3.63) is 95.6 Å². The van der Waals surface area contributed by atoms with Crippen molar-refractivity contribution in [2.45, 2.75) is 16.4 Å². The van der Waals surface area contributed by atoms with E-state index in [1.165, 1.54) is 11.8 Å². The Kier molecular flexibility index (Phi) is 7.04. The minimum atomic E-state index is -0.512. The topological polar surface area (TPSA) is 79.2 Å². The third-order valence-corrected chi connectivity index (χ3v) is 5.15. The lowest BCUT2D eigenvalue weighted by Crippen LogP contribution is -2.30. The average Bonchev–Trinajstić information content (AvgIpc) is 2.77. The molecule has 3 rings (SSSR count). The standard InChI is InChI=1S/C23H18N2O3S/c24-14-18-10-4-6-12-20(18)29-21-13-7-5-11-19(21)23(27)25-15-22(26)28-16-17-8-2-1-3-9-17/h1-13H,15-16H2,(H,25,27). The van der Waals surface area contributed by atoms with Gasteiger partial charge in [-0.15, -0.1) is 0 Å². The van der Waals surface area contributed by atoms with Gasteiger partial charge in [-0.3, -0.25) is 9.59 Å². The average molecular weight is 402 g/mol.